The summed E-state index contributed by atoms with van der Waals surface area (Å²) in [7, 11) is 0. The molecule has 0 spiro atoms. The van der Waals surface area contributed by atoms with Gasteiger partial charge < -0.3 is 0 Å². The molecule has 0 N–H and O–H groups in total. The Morgan fingerprint density at radius 2 is 0.688 bits per heavy atom. The summed E-state index contributed by atoms with van der Waals surface area (Å²) in [5.41, 5.74) is 1.10. The molecule has 2 heteroatoms. The monoisotopic (exact) mass is 454 g/mol. The first-order chi connectivity index (χ1) is 14.9. The van der Waals surface area contributed by atoms with Crippen molar-refractivity contribution in [3.63, 3.8) is 0 Å². The Balaban J connectivity index is 5.37. The summed E-state index contributed by atoms with van der Waals surface area (Å²) in [6, 6.07) is 0. The molecule has 0 heterocycles. The van der Waals surface area contributed by atoms with Gasteiger partial charge in [-0.25, -0.2) is 9.78 Å². The molecule has 0 aromatic heterocycles. The van der Waals surface area contributed by atoms with E-state index in [0.29, 0.717) is 10.8 Å². The minimum atomic E-state index is 0.240. The van der Waals surface area contributed by atoms with Crippen molar-refractivity contribution in [3.8, 4) is 0 Å². The number of hydrogen-bond acceptors (Lipinski definition) is 2. The normalized spacial score (nSPS) is 13.7. The SMILES string of the molecule is CCCCC(CCCC)(COOCC(CCCC)(CCCC)CC(C)(C)C)CC(C)(C)C. The lowest BCUT2D eigenvalue weighted by Crippen LogP contribution is -2.35. The van der Waals surface area contributed by atoms with E-state index < -0.39 is 0 Å². The molecule has 0 amide bonds. The minimum absolute atomic E-state index is 0.240. The lowest BCUT2D eigenvalue weighted by molar-refractivity contribution is -0.329. The van der Waals surface area contributed by atoms with E-state index >= 15 is 0 Å². The molecule has 0 atom stereocenters. The van der Waals surface area contributed by atoms with Crippen LogP contribution in [0.3, 0.4) is 0 Å². The van der Waals surface area contributed by atoms with Crippen molar-refractivity contribution in [1.82, 2.24) is 0 Å². The van der Waals surface area contributed by atoms with Crippen molar-refractivity contribution in [2.45, 2.75) is 159 Å². The summed E-state index contributed by atoms with van der Waals surface area (Å²) in [5.74, 6) is 0. The third-order valence-corrected chi connectivity index (χ3v) is 6.87. The maximum Gasteiger partial charge on any atom is 0.0878 e. The van der Waals surface area contributed by atoms with Gasteiger partial charge in [0.25, 0.3) is 0 Å². The van der Waals surface area contributed by atoms with Gasteiger partial charge in [0.2, 0.25) is 0 Å². The van der Waals surface area contributed by atoms with E-state index in [2.05, 4.69) is 69.2 Å². The summed E-state index contributed by atoms with van der Waals surface area (Å²) in [6.45, 7) is 25.0. The van der Waals surface area contributed by atoms with Crippen LogP contribution in [0.4, 0.5) is 0 Å². The Hall–Kier alpha value is -0.0800. The highest BCUT2D eigenvalue weighted by Gasteiger charge is 2.37. The molecule has 0 unspecified atom stereocenters. The lowest BCUT2D eigenvalue weighted by atomic mass is 9.68. The van der Waals surface area contributed by atoms with Crippen molar-refractivity contribution >= 4 is 0 Å². The van der Waals surface area contributed by atoms with E-state index in [1.54, 1.807) is 0 Å². The molecule has 0 aliphatic heterocycles. The van der Waals surface area contributed by atoms with E-state index in [-0.39, 0.29) is 10.8 Å². The zero-order valence-electron chi connectivity index (χ0n) is 24.1. The van der Waals surface area contributed by atoms with E-state index in [1.807, 2.05) is 0 Å². The Morgan fingerprint density at radius 1 is 0.438 bits per heavy atom. The number of hydrogen-bond donors (Lipinski definition) is 0. The second-order valence-electron chi connectivity index (χ2n) is 13.4. The summed E-state index contributed by atoms with van der Waals surface area (Å²) >= 11 is 0. The van der Waals surface area contributed by atoms with E-state index in [0.717, 1.165) is 13.2 Å². The molecule has 0 saturated heterocycles. The van der Waals surface area contributed by atoms with Gasteiger partial charge >= 0.3 is 0 Å². The van der Waals surface area contributed by atoms with E-state index in [1.165, 1.54) is 89.9 Å². The van der Waals surface area contributed by atoms with Gasteiger partial charge in [0.05, 0.1) is 13.2 Å². The van der Waals surface area contributed by atoms with Gasteiger partial charge in [0, 0.05) is 0 Å². The van der Waals surface area contributed by atoms with Crippen LogP contribution in [0.5, 0.6) is 0 Å². The third kappa shape index (κ3) is 14.9. The molecule has 32 heavy (non-hydrogen) atoms. The van der Waals surface area contributed by atoms with Crippen LogP contribution in [0.2, 0.25) is 0 Å². The van der Waals surface area contributed by atoms with Gasteiger partial charge in [0.15, 0.2) is 0 Å². The Bertz CT molecular complexity index is 383. The van der Waals surface area contributed by atoms with Gasteiger partial charge in [-0.05, 0) is 60.2 Å². The highest BCUT2D eigenvalue weighted by Crippen LogP contribution is 2.44. The zero-order valence-corrected chi connectivity index (χ0v) is 24.1. The van der Waals surface area contributed by atoms with Crippen molar-refractivity contribution < 1.29 is 9.78 Å². The summed E-state index contributed by atoms with van der Waals surface area (Å²) in [6.07, 6.45) is 17.6. The highest BCUT2D eigenvalue weighted by atomic mass is 17.2. The Labute approximate surface area is 203 Å². The van der Waals surface area contributed by atoms with Crippen molar-refractivity contribution in [1.29, 1.82) is 0 Å². The zero-order chi connectivity index (χ0) is 24.7. The molecule has 0 aliphatic rings. The van der Waals surface area contributed by atoms with Crippen LogP contribution in [0.1, 0.15) is 159 Å². The van der Waals surface area contributed by atoms with Gasteiger partial charge in [-0.2, -0.15) is 0 Å². The largest absolute Gasteiger partial charge is 0.236 e. The fourth-order valence-corrected chi connectivity index (χ4v) is 5.78. The van der Waals surface area contributed by atoms with Gasteiger partial charge in [-0.3, -0.25) is 0 Å². The second kappa shape index (κ2) is 15.8. The minimum Gasteiger partial charge on any atom is -0.236 e. The fraction of sp³-hybridized carbons (Fsp3) is 1.00. The molecule has 2 nitrogen and oxygen atoms in total. The highest BCUT2D eigenvalue weighted by molar-refractivity contribution is 4.85. The van der Waals surface area contributed by atoms with Gasteiger partial charge in [-0.15, -0.1) is 0 Å². The summed E-state index contributed by atoms with van der Waals surface area (Å²) < 4.78 is 0. The molecule has 0 fully saturated rings. The van der Waals surface area contributed by atoms with Crippen LogP contribution in [-0.4, -0.2) is 13.2 Å². The third-order valence-electron chi connectivity index (χ3n) is 6.87. The molecular formula is C30H62O2. The van der Waals surface area contributed by atoms with Gasteiger partial charge in [0.1, 0.15) is 0 Å². The van der Waals surface area contributed by atoms with Crippen molar-refractivity contribution in [2.75, 3.05) is 13.2 Å². The summed E-state index contributed by atoms with van der Waals surface area (Å²) in [5, 5.41) is 0. The molecule has 0 aromatic rings. The standard InChI is InChI=1S/C30H62O2/c1-11-15-19-29(20-16-12-2,23-27(5,6)7)25-31-32-26-30(21-17-13-3,22-18-14-4)24-28(8,9)10/h11-26H2,1-10H3. The maximum atomic E-state index is 6.17. The van der Waals surface area contributed by atoms with Crippen molar-refractivity contribution in [3.05, 3.63) is 0 Å². The van der Waals surface area contributed by atoms with Crippen LogP contribution in [0, 0.1) is 21.7 Å². The van der Waals surface area contributed by atoms with E-state index in [9.17, 15) is 0 Å². The van der Waals surface area contributed by atoms with Crippen LogP contribution < -0.4 is 0 Å². The Morgan fingerprint density at radius 3 is 0.875 bits per heavy atom. The molecule has 0 rings (SSSR count). The smallest absolute Gasteiger partial charge is 0.0878 e. The molecule has 0 bridgehead atoms. The first kappa shape index (κ1) is 31.9. The topological polar surface area (TPSA) is 18.5 Å². The van der Waals surface area contributed by atoms with Crippen LogP contribution in [0.25, 0.3) is 0 Å². The molecule has 0 aliphatic carbocycles. The first-order valence-electron chi connectivity index (χ1n) is 14.1. The molecule has 0 saturated carbocycles. The molecule has 0 aromatic carbocycles. The van der Waals surface area contributed by atoms with Crippen LogP contribution >= 0.6 is 0 Å². The molecular weight excluding hydrogens is 392 g/mol. The average Bonchev–Trinajstić information content (AvgIpc) is 2.68. The molecule has 0 radical (unpaired) electrons. The number of rotatable bonds is 19. The summed E-state index contributed by atoms with van der Waals surface area (Å²) in [4.78, 5) is 12.3. The average molecular weight is 455 g/mol. The number of unbranched alkanes of at least 4 members (excludes halogenated alkanes) is 4. The fourth-order valence-electron chi connectivity index (χ4n) is 5.78. The lowest BCUT2D eigenvalue weighted by Gasteiger charge is -2.40. The van der Waals surface area contributed by atoms with Crippen LogP contribution in [0.15, 0.2) is 0 Å². The molecule has 194 valence electrons. The van der Waals surface area contributed by atoms with Gasteiger partial charge in [-0.1, -0.05) is 121 Å². The first-order valence-corrected chi connectivity index (χ1v) is 14.1. The quantitative estimate of drug-likeness (QED) is 0.110. The second-order valence-corrected chi connectivity index (χ2v) is 13.4. The predicted molar refractivity (Wildman–Crippen MR) is 143 cm³/mol. The van der Waals surface area contributed by atoms with Crippen molar-refractivity contribution in [2.24, 2.45) is 21.7 Å². The Kier molecular flexibility index (Phi) is 15.7. The van der Waals surface area contributed by atoms with Crippen LogP contribution in [-0.2, 0) is 9.78 Å². The predicted octanol–water partition coefficient (Wildman–Crippen LogP) is 10.5. The maximum absolute atomic E-state index is 6.17. The van der Waals surface area contributed by atoms with E-state index in [4.69, 9.17) is 9.78 Å².